The first-order valence-corrected chi connectivity index (χ1v) is 13.8. The van der Waals surface area contributed by atoms with E-state index in [0.717, 1.165) is 25.1 Å². The zero-order chi connectivity index (χ0) is 23.7. The number of piperazine rings is 1. The molecule has 2 saturated heterocycles. The van der Waals surface area contributed by atoms with Crippen LogP contribution in [0.1, 0.15) is 48.9 Å². The number of anilines is 1. The Labute approximate surface area is 201 Å². The fourth-order valence-corrected chi connectivity index (χ4v) is 7.29. The van der Waals surface area contributed by atoms with E-state index in [4.69, 9.17) is 0 Å². The zero-order valence-corrected chi connectivity index (χ0v) is 20.2. The summed E-state index contributed by atoms with van der Waals surface area (Å²) in [5.74, 6) is 0.242. The highest BCUT2D eigenvalue weighted by Gasteiger charge is 2.37. The van der Waals surface area contributed by atoms with Gasteiger partial charge in [-0.1, -0.05) is 18.9 Å². The van der Waals surface area contributed by atoms with Crippen LogP contribution in [-0.4, -0.2) is 62.3 Å². The van der Waals surface area contributed by atoms with E-state index < -0.39 is 10.0 Å². The quantitative estimate of drug-likeness (QED) is 0.639. The van der Waals surface area contributed by atoms with E-state index in [2.05, 4.69) is 4.90 Å². The first-order chi connectivity index (χ1) is 16.4. The maximum absolute atomic E-state index is 13.4. The number of rotatable bonds is 5. The minimum atomic E-state index is -3.71. The molecule has 1 aliphatic carbocycles. The number of hydrogen-bond acceptors (Lipinski definition) is 4. The monoisotopic (exact) mass is 485 g/mol. The number of carbonyl (C=O) groups is 1. The molecule has 0 radical (unpaired) electrons. The van der Waals surface area contributed by atoms with E-state index in [0.29, 0.717) is 37.7 Å². The largest absolute Gasteiger partial charge is 0.369 e. The summed E-state index contributed by atoms with van der Waals surface area (Å²) in [4.78, 5) is 17.6. The summed E-state index contributed by atoms with van der Waals surface area (Å²) in [6.07, 6.45) is 6.92. The highest BCUT2D eigenvalue weighted by Crippen LogP contribution is 2.36. The molecule has 2 aliphatic heterocycles. The minimum Gasteiger partial charge on any atom is -0.369 e. The summed E-state index contributed by atoms with van der Waals surface area (Å²) in [6, 6.07) is 13.1. The summed E-state index contributed by atoms with van der Waals surface area (Å²) >= 11 is 0. The van der Waals surface area contributed by atoms with Crippen molar-refractivity contribution in [3.63, 3.8) is 0 Å². The topological polar surface area (TPSA) is 60.9 Å². The molecule has 3 fully saturated rings. The molecular formula is C26H32FN3O3S. The molecule has 2 aromatic carbocycles. The van der Waals surface area contributed by atoms with Gasteiger partial charge in [-0.25, -0.2) is 12.8 Å². The number of amides is 1. The highest BCUT2D eigenvalue weighted by atomic mass is 32.2. The first-order valence-electron chi connectivity index (χ1n) is 12.4. The zero-order valence-electron chi connectivity index (χ0n) is 19.4. The Morgan fingerprint density at radius 2 is 1.56 bits per heavy atom. The fourth-order valence-electron chi connectivity index (χ4n) is 5.82. The van der Waals surface area contributed by atoms with Gasteiger partial charge in [-0.15, -0.1) is 0 Å². The number of nitrogens with zero attached hydrogens (tertiary/aromatic N) is 3. The van der Waals surface area contributed by atoms with Crippen LogP contribution in [0, 0.1) is 11.7 Å². The van der Waals surface area contributed by atoms with Gasteiger partial charge in [-0.2, -0.15) is 4.31 Å². The molecule has 5 rings (SSSR count). The van der Waals surface area contributed by atoms with Gasteiger partial charge in [-0.3, -0.25) is 4.79 Å². The molecule has 2 aromatic rings. The smallest absolute Gasteiger partial charge is 0.254 e. The second-order valence-corrected chi connectivity index (χ2v) is 11.6. The second-order valence-electron chi connectivity index (χ2n) is 9.65. The van der Waals surface area contributed by atoms with E-state index in [1.807, 2.05) is 4.90 Å². The average Bonchev–Trinajstić information content (AvgIpc) is 3.56. The van der Waals surface area contributed by atoms with Crippen molar-refractivity contribution < 1.29 is 17.6 Å². The van der Waals surface area contributed by atoms with Crippen molar-refractivity contribution in [2.24, 2.45) is 5.92 Å². The Morgan fingerprint density at radius 3 is 2.26 bits per heavy atom. The molecule has 34 heavy (non-hydrogen) atoms. The van der Waals surface area contributed by atoms with Crippen LogP contribution in [0.15, 0.2) is 53.4 Å². The molecule has 1 atom stereocenters. The number of sulfonamides is 1. The molecule has 2 heterocycles. The molecule has 0 spiro atoms. The van der Waals surface area contributed by atoms with Gasteiger partial charge < -0.3 is 9.80 Å². The van der Waals surface area contributed by atoms with E-state index >= 15 is 0 Å². The third kappa shape index (κ3) is 4.58. The van der Waals surface area contributed by atoms with Gasteiger partial charge >= 0.3 is 0 Å². The third-order valence-corrected chi connectivity index (χ3v) is 9.55. The Bertz CT molecular complexity index is 1120. The van der Waals surface area contributed by atoms with Gasteiger partial charge in [0.15, 0.2) is 0 Å². The van der Waals surface area contributed by atoms with Crippen molar-refractivity contribution in [2.45, 2.75) is 49.5 Å². The number of halogens is 1. The lowest BCUT2D eigenvalue weighted by Gasteiger charge is -2.35. The summed E-state index contributed by atoms with van der Waals surface area (Å²) in [7, 11) is -3.71. The first kappa shape index (κ1) is 23.3. The molecule has 0 bridgehead atoms. The third-order valence-electron chi connectivity index (χ3n) is 7.65. The SMILES string of the molecule is O=C(c1cccc(S(=O)(=O)N2CCN(c3ccc(F)cc3)CC2)c1)N1CCCC1C1CCCC1. The van der Waals surface area contributed by atoms with Gasteiger partial charge in [0.05, 0.1) is 4.90 Å². The van der Waals surface area contributed by atoms with Crippen LogP contribution in [-0.2, 0) is 10.0 Å². The maximum Gasteiger partial charge on any atom is 0.254 e. The van der Waals surface area contributed by atoms with Crippen LogP contribution in [0.5, 0.6) is 0 Å². The van der Waals surface area contributed by atoms with Crippen molar-refractivity contribution in [2.75, 3.05) is 37.6 Å². The van der Waals surface area contributed by atoms with Crippen LogP contribution in [0.3, 0.4) is 0 Å². The van der Waals surface area contributed by atoms with Gasteiger partial charge in [0.2, 0.25) is 10.0 Å². The van der Waals surface area contributed by atoms with Crippen molar-refractivity contribution in [3.8, 4) is 0 Å². The molecule has 8 heteroatoms. The van der Waals surface area contributed by atoms with Gasteiger partial charge in [-0.05, 0) is 74.1 Å². The number of likely N-dealkylation sites (tertiary alicyclic amines) is 1. The van der Waals surface area contributed by atoms with Crippen molar-refractivity contribution in [1.82, 2.24) is 9.21 Å². The molecule has 1 saturated carbocycles. The minimum absolute atomic E-state index is 0.0485. The molecule has 1 amide bonds. The summed E-state index contributed by atoms with van der Waals surface area (Å²) in [6.45, 7) is 2.49. The molecule has 1 unspecified atom stereocenters. The van der Waals surface area contributed by atoms with E-state index in [-0.39, 0.29) is 22.7 Å². The van der Waals surface area contributed by atoms with Crippen LogP contribution in [0.25, 0.3) is 0 Å². The van der Waals surface area contributed by atoms with Crippen LogP contribution >= 0.6 is 0 Å². The Kier molecular flexibility index (Phi) is 6.62. The molecule has 0 N–H and O–H groups in total. The Balaban J connectivity index is 1.28. The fraction of sp³-hybridized carbons (Fsp3) is 0.500. The van der Waals surface area contributed by atoms with Crippen molar-refractivity contribution >= 4 is 21.6 Å². The standard InChI is InChI=1S/C26H32FN3O3S/c27-22-10-12-23(13-11-22)28-15-17-29(18-16-28)34(32,33)24-8-3-7-21(19-24)26(31)30-14-4-9-25(30)20-5-1-2-6-20/h3,7-8,10-13,19-20,25H,1-2,4-6,9,14-18H2. The predicted molar refractivity (Wildman–Crippen MR) is 130 cm³/mol. The van der Waals surface area contributed by atoms with E-state index in [9.17, 15) is 17.6 Å². The summed E-state index contributed by atoms with van der Waals surface area (Å²) in [5.41, 5.74) is 1.34. The second kappa shape index (κ2) is 9.66. The van der Waals surface area contributed by atoms with Crippen LogP contribution in [0.4, 0.5) is 10.1 Å². The molecular weight excluding hydrogens is 453 g/mol. The molecule has 6 nitrogen and oxygen atoms in total. The number of benzene rings is 2. The van der Waals surface area contributed by atoms with Crippen molar-refractivity contribution in [3.05, 3.63) is 59.9 Å². The van der Waals surface area contributed by atoms with Gasteiger partial charge in [0.1, 0.15) is 5.82 Å². The van der Waals surface area contributed by atoms with Crippen LogP contribution < -0.4 is 4.90 Å². The Morgan fingerprint density at radius 1 is 0.853 bits per heavy atom. The Hall–Kier alpha value is -2.45. The normalized spacial score (nSPS) is 22.4. The lowest BCUT2D eigenvalue weighted by molar-refractivity contribution is 0.0689. The molecule has 182 valence electrons. The van der Waals surface area contributed by atoms with Crippen molar-refractivity contribution in [1.29, 1.82) is 0 Å². The van der Waals surface area contributed by atoms with E-state index in [1.165, 1.54) is 42.1 Å². The maximum atomic E-state index is 13.4. The van der Waals surface area contributed by atoms with Crippen LogP contribution in [0.2, 0.25) is 0 Å². The van der Waals surface area contributed by atoms with Gasteiger partial charge in [0, 0.05) is 50.0 Å². The van der Waals surface area contributed by atoms with Gasteiger partial charge in [0.25, 0.3) is 5.91 Å². The lowest BCUT2D eigenvalue weighted by Crippen LogP contribution is -2.48. The number of hydrogen-bond donors (Lipinski definition) is 0. The summed E-state index contributed by atoms with van der Waals surface area (Å²) in [5, 5.41) is 0. The predicted octanol–water partition coefficient (Wildman–Crippen LogP) is 4.13. The molecule has 0 aromatic heterocycles. The number of carbonyl (C=O) groups excluding carboxylic acids is 1. The van der Waals surface area contributed by atoms with E-state index in [1.54, 1.807) is 36.4 Å². The molecule has 3 aliphatic rings. The highest BCUT2D eigenvalue weighted by molar-refractivity contribution is 7.89. The lowest BCUT2D eigenvalue weighted by atomic mass is 9.95. The summed E-state index contributed by atoms with van der Waals surface area (Å²) < 4.78 is 41.4. The average molecular weight is 486 g/mol.